The second-order valence-electron chi connectivity index (χ2n) is 2.69. The van der Waals surface area contributed by atoms with Gasteiger partial charge in [0.1, 0.15) is 0 Å². The second kappa shape index (κ2) is 5.74. The van der Waals surface area contributed by atoms with E-state index in [1.165, 1.54) is 14.2 Å². The third kappa shape index (κ3) is 3.76. The van der Waals surface area contributed by atoms with E-state index < -0.39 is 0 Å². The largest absolute Gasteiger partial charge is 0.469 e. The number of esters is 1. The highest BCUT2D eigenvalue weighted by molar-refractivity contribution is 5.72. The summed E-state index contributed by atoms with van der Waals surface area (Å²) in [4.78, 5) is 18.6. The lowest BCUT2D eigenvalue weighted by Crippen LogP contribution is -1.96. The average molecular weight is 208 g/mol. The maximum atomic E-state index is 10.8. The first-order valence-corrected chi connectivity index (χ1v) is 4.35. The minimum atomic E-state index is -0.277. The van der Waals surface area contributed by atoms with Crippen molar-refractivity contribution in [1.82, 2.24) is 9.97 Å². The zero-order valence-corrected chi connectivity index (χ0v) is 8.64. The molecule has 1 rings (SSSR count). The summed E-state index contributed by atoms with van der Waals surface area (Å²) in [6, 6.07) is 0.320. The lowest BCUT2D eigenvalue weighted by molar-refractivity contribution is -0.139. The molecular weight excluding hydrogens is 196 g/mol. The molecule has 0 radical (unpaired) electrons. The first-order chi connectivity index (χ1) is 7.26. The second-order valence-corrected chi connectivity index (χ2v) is 2.69. The maximum Gasteiger partial charge on any atom is 0.316 e. The number of methoxy groups -OCH3 is 2. The summed E-state index contributed by atoms with van der Waals surface area (Å²) in [5.41, 5.74) is 0.805. The summed E-state index contributed by atoms with van der Waals surface area (Å²) >= 11 is 0. The van der Waals surface area contributed by atoms with Crippen LogP contribution in [0.4, 0.5) is 0 Å². The van der Waals surface area contributed by atoms with Gasteiger partial charge >= 0.3 is 12.0 Å². The average Bonchev–Trinajstić information content (AvgIpc) is 2.29. The molecule has 0 atom stereocenters. The Morgan fingerprint density at radius 1 is 1.40 bits per heavy atom. The molecule has 1 heterocycles. The van der Waals surface area contributed by atoms with Crippen molar-refractivity contribution in [1.29, 1.82) is 0 Å². The van der Waals surface area contributed by atoms with Crippen molar-refractivity contribution in [2.45, 2.75) is 6.42 Å². The van der Waals surface area contributed by atoms with Gasteiger partial charge in [0, 0.05) is 18.0 Å². The van der Waals surface area contributed by atoms with Crippen LogP contribution in [0.3, 0.4) is 0 Å². The standard InChI is InChI=1S/C10H12N2O3/c1-14-9(13)5-3-4-8-6-11-10(15-2)12-7-8/h3-4,6-7H,5H2,1-2H3. The van der Waals surface area contributed by atoms with Crippen LogP contribution in [-0.2, 0) is 9.53 Å². The van der Waals surface area contributed by atoms with E-state index in [1.807, 2.05) is 0 Å². The van der Waals surface area contributed by atoms with Crippen LogP contribution in [0.5, 0.6) is 6.01 Å². The molecule has 5 heteroatoms. The molecule has 1 aromatic rings. The zero-order chi connectivity index (χ0) is 11.1. The summed E-state index contributed by atoms with van der Waals surface area (Å²) in [7, 11) is 2.86. The van der Waals surface area contributed by atoms with Crippen molar-refractivity contribution >= 4 is 12.0 Å². The van der Waals surface area contributed by atoms with Crippen LogP contribution in [0, 0.1) is 0 Å². The lowest BCUT2D eigenvalue weighted by atomic mass is 10.3. The van der Waals surface area contributed by atoms with E-state index in [9.17, 15) is 4.79 Å². The molecule has 0 bridgehead atoms. The number of hydrogen-bond acceptors (Lipinski definition) is 5. The molecule has 0 saturated carbocycles. The summed E-state index contributed by atoms with van der Waals surface area (Å²) in [6.45, 7) is 0. The zero-order valence-electron chi connectivity index (χ0n) is 8.64. The quantitative estimate of drug-likeness (QED) is 0.692. The molecule has 0 saturated heterocycles. The Bertz CT molecular complexity index is 346. The van der Waals surface area contributed by atoms with Crippen molar-refractivity contribution in [2.75, 3.05) is 14.2 Å². The van der Waals surface area contributed by atoms with Crippen LogP contribution in [0.15, 0.2) is 18.5 Å². The van der Waals surface area contributed by atoms with Gasteiger partial charge in [0.25, 0.3) is 0 Å². The van der Waals surface area contributed by atoms with E-state index in [4.69, 9.17) is 4.74 Å². The highest BCUT2D eigenvalue weighted by Gasteiger charge is 1.95. The fraction of sp³-hybridized carbons (Fsp3) is 0.300. The highest BCUT2D eigenvalue weighted by Crippen LogP contribution is 2.04. The van der Waals surface area contributed by atoms with Gasteiger partial charge in [0.05, 0.1) is 20.6 Å². The smallest absolute Gasteiger partial charge is 0.316 e. The number of hydrogen-bond donors (Lipinski definition) is 0. The Labute approximate surface area is 87.8 Å². The minimum absolute atomic E-state index is 0.239. The van der Waals surface area contributed by atoms with E-state index in [1.54, 1.807) is 24.5 Å². The number of aromatic nitrogens is 2. The SMILES string of the molecule is COC(=O)CC=Cc1cnc(OC)nc1. The predicted molar refractivity (Wildman–Crippen MR) is 54.3 cm³/mol. The van der Waals surface area contributed by atoms with Gasteiger partial charge in [-0.25, -0.2) is 9.97 Å². The molecule has 0 N–H and O–H groups in total. The Balaban J connectivity index is 2.53. The molecule has 0 aromatic carbocycles. The molecule has 0 amide bonds. The van der Waals surface area contributed by atoms with Crippen molar-refractivity contribution in [3.05, 3.63) is 24.0 Å². The first kappa shape index (κ1) is 11.2. The topological polar surface area (TPSA) is 61.3 Å². The molecule has 0 aliphatic heterocycles. The van der Waals surface area contributed by atoms with Crippen molar-refractivity contribution < 1.29 is 14.3 Å². The van der Waals surface area contributed by atoms with Gasteiger partial charge in [0.15, 0.2) is 0 Å². The summed E-state index contributed by atoms with van der Waals surface area (Å²) in [6.07, 6.45) is 6.90. The van der Waals surface area contributed by atoms with E-state index >= 15 is 0 Å². The van der Waals surface area contributed by atoms with Crippen LogP contribution < -0.4 is 4.74 Å². The molecule has 0 fully saturated rings. The molecule has 80 valence electrons. The Hall–Kier alpha value is -1.91. The minimum Gasteiger partial charge on any atom is -0.469 e. The lowest BCUT2D eigenvalue weighted by Gasteiger charge is -1.96. The third-order valence-corrected chi connectivity index (χ3v) is 1.65. The fourth-order valence-electron chi connectivity index (χ4n) is 0.892. The van der Waals surface area contributed by atoms with Crippen molar-refractivity contribution in [3.63, 3.8) is 0 Å². The van der Waals surface area contributed by atoms with E-state index in [0.717, 1.165) is 5.56 Å². The molecule has 0 unspecified atom stereocenters. The number of nitrogens with zero attached hydrogens (tertiary/aromatic N) is 2. The van der Waals surface area contributed by atoms with Gasteiger partial charge in [-0.2, -0.15) is 0 Å². The van der Waals surface area contributed by atoms with Crippen LogP contribution >= 0.6 is 0 Å². The van der Waals surface area contributed by atoms with Crippen molar-refractivity contribution in [2.24, 2.45) is 0 Å². The van der Waals surface area contributed by atoms with Gasteiger partial charge in [-0.05, 0) is 0 Å². The van der Waals surface area contributed by atoms with Crippen LogP contribution in [-0.4, -0.2) is 30.2 Å². The van der Waals surface area contributed by atoms with E-state index in [2.05, 4.69) is 14.7 Å². The van der Waals surface area contributed by atoms with Gasteiger partial charge in [-0.1, -0.05) is 12.2 Å². The monoisotopic (exact) mass is 208 g/mol. The normalized spacial score (nSPS) is 10.3. The van der Waals surface area contributed by atoms with Crippen molar-refractivity contribution in [3.8, 4) is 6.01 Å². The Kier molecular flexibility index (Phi) is 4.28. The van der Waals surface area contributed by atoms with Gasteiger partial charge in [-0.15, -0.1) is 0 Å². The molecule has 0 aliphatic rings. The third-order valence-electron chi connectivity index (χ3n) is 1.65. The Morgan fingerprint density at radius 3 is 2.60 bits per heavy atom. The Morgan fingerprint density at radius 2 is 2.07 bits per heavy atom. The molecule has 0 aliphatic carbocycles. The summed E-state index contributed by atoms with van der Waals surface area (Å²) < 4.78 is 9.29. The number of rotatable bonds is 4. The summed E-state index contributed by atoms with van der Waals surface area (Å²) in [5.74, 6) is -0.277. The number of carbonyl (C=O) groups is 1. The first-order valence-electron chi connectivity index (χ1n) is 4.35. The van der Waals surface area contributed by atoms with Gasteiger partial charge in [0.2, 0.25) is 0 Å². The van der Waals surface area contributed by atoms with E-state index in [0.29, 0.717) is 6.01 Å². The van der Waals surface area contributed by atoms with Crippen LogP contribution in [0.1, 0.15) is 12.0 Å². The maximum absolute atomic E-state index is 10.8. The highest BCUT2D eigenvalue weighted by atomic mass is 16.5. The molecule has 5 nitrogen and oxygen atoms in total. The van der Waals surface area contributed by atoms with Gasteiger partial charge in [-0.3, -0.25) is 4.79 Å². The molecular formula is C10H12N2O3. The van der Waals surface area contributed by atoms with Crippen LogP contribution in [0.2, 0.25) is 0 Å². The number of ether oxygens (including phenoxy) is 2. The predicted octanol–water partition coefficient (Wildman–Crippen LogP) is 1.06. The molecule has 1 aromatic heterocycles. The van der Waals surface area contributed by atoms with Crippen LogP contribution in [0.25, 0.3) is 6.08 Å². The molecule has 15 heavy (non-hydrogen) atoms. The fourth-order valence-corrected chi connectivity index (χ4v) is 0.892. The van der Waals surface area contributed by atoms with Gasteiger partial charge < -0.3 is 9.47 Å². The molecule has 0 spiro atoms. The number of carbonyl (C=O) groups excluding carboxylic acids is 1. The van der Waals surface area contributed by atoms with E-state index in [-0.39, 0.29) is 12.4 Å². The summed E-state index contributed by atoms with van der Waals surface area (Å²) in [5, 5.41) is 0.